The molecule has 1 rings (SSSR count). The Hall–Kier alpha value is -1.10. The van der Waals surface area contributed by atoms with E-state index in [4.69, 9.17) is 5.73 Å². The van der Waals surface area contributed by atoms with E-state index >= 15 is 0 Å². The van der Waals surface area contributed by atoms with Crippen LogP contribution in [0.15, 0.2) is 24.3 Å². The lowest BCUT2D eigenvalue weighted by Gasteiger charge is -2.13. The van der Waals surface area contributed by atoms with Gasteiger partial charge in [-0.25, -0.2) is 4.39 Å². The average Bonchev–Trinajstić information content (AvgIpc) is 2.18. The van der Waals surface area contributed by atoms with E-state index in [1.165, 1.54) is 24.3 Å². The molecule has 0 spiro atoms. The lowest BCUT2D eigenvalue weighted by atomic mass is 10.0. The first-order valence-electron chi connectivity index (χ1n) is 4.93. The first-order chi connectivity index (χ1) is 7.37. The number of alkyl halides is 3. The molecule has 0 amide bonds. The molecule has 1 aromatic carbocycles. The molecule has 0 aliphatic carbocycles. The van der Waals surface area contributed by atoms with Gasteiger partial charge in [-0.15, -0.1) is 0 Å². The third-order valence-corrected chi connectivity index (χ3v) is 2.21. The van der Waals surface area contributed by atoms with Crippen molar-refractivity contribution in [1.82, 2.24) is 0 Å². The summed E-state index contributed by atoms with van der Waals surface area (Å²) in [6, 6.07) is 5.05. The van der Waals surface area contributed by atoms with Crippen molar-refractivity contribution < 1.29 is 17.6 Å². The van der Waals surface area contributed by atoms with Crippen LogP contribution in [-0.2, 0) is 6.42 Å². The van der Waals surface area contributed by atoms with E-state index in [0.717, 1.165) is 5.56 Å². The summed E-state index contributed by atoms with van der Waals surface area (Å²) in [5, 5.41) is 0. The molecule has 1 aromatic rings. The minimum Gasteiger partial charge on any atom is -0.327 e. The lowest BCUT2D eigenvalue weighted by molar-refractivity contribution is -0.136. The van der Waals surface area contributed by atoms with Gasteiger partial charge in [-0.1, -0.05) is 12.1 Å². The molecule has 16 heavy (non-hydrogen) atoms. The maximum Gasteiger partial charge on any atom is 0.389 e. The van der Waals surface area contributed by atoms with E-state index in [-0.39, 0.29) is 12.2 Å². The maximum absolute atomic E-state index is 12.5. The van der Waals surface area contributed by atoms with E-state index in [2.05, 4.69) is 0 Å². The molecule has 2 N–H and O–H groups in total. The standard InChI is InChI=1S/C11H13F4N/c12-9-3-1-8(2-4-9)7-10(16)5-6-11(13,14)15/h1-4,10H,5-7,16H2. The summed E-state index contributed by atoms with van der Waals surface area (Å²) in [5.41, 5.74) is 6.30. The highest BCUT2D eigenvalue weighted by Gasteiger charge is 2.27. The molecule has 0 aliphatic heterocycles. The molecule has 0 fully saturated rings. The molecule has 1 unspecified atom stereocenters. The predicted octanol–water partition coefficient (Wildman–Crippen LogP) is 3.04. The summed E-state index contributed by atoms with van der Waals surface area (Å²) >= 11 is 0. The fourth-order valence-corrected chi connectivity index (χ4v) is 1.37. The zero-order valence-corrected chi connectivity index (χ0v) is 8.60. The van der Waals surface area contributed by atoms with Crippen LogP contribution in [-0.4, -0.2) is 12.2 Å². The molecule has 0 saturated heterocycles. The molecular formula is C11H13F4N. The number of hydrogen-bond donors (Lipinski definition) is 1. The number of benzene rings is 1. The van der Waals surface area contributed by atoms with Crippen LogP contribution < -0.4 is 5.73 Å². The summed E-state index contributed by atoms with van der Waals surface area (Å²) in [6.07, 6.45) is -4.83. The van der Waals surface area contributed by atoms with Gasteiger partial charge >= 0.3 is 6.18 Å². The number of nitrogens with two attached hydrogens (primary N) is 1. The Balaban J connectivity index is 2.39. The predicted molar refractivity (Wildman–Crippen MR) is 53.4 cm³/mol. The van der Waals surface area contributed by atoms with Gasteiger partial charge in [0.25, 0.3) is 0 Å². The zero-order valence-electron chi connectivity index (χ0n) is 8.60. The Morgan fingerprint density at radius 3 is 2.19 bits per heavy atom. The van der Waals surface area contributed by atoms with Crippen molar-refractivity contribution in [2.24, 2.45) is 5.73 Å². The molecule has 1 nitrogen and oxygen atoms in total. The highest BCUT2D eigenvalue weighted by Crippen LogP contribution is 2.22. The topological polar surface area (TPSA) is 26.0 Å². The number of halogens is 4. The van der Waals surface area contributed by atoms with E-state index in [9.17, 15) is 17.6 Å². The van der Waals surface area contributed by atoms with Crippen molar-refractivity contribution >= 4 is 0 Å². The highest BCUT2D eigenvalue weighted by atomic mass is 19.4. The molecule has 1 atom stereocenters. The summed E-state index contributed by atoms with van der Waals surface area (Å²) < 4.78 is 48.3. The molecule has 5 heteroatoms. The van der Waals surface area contributed by atoms with Crippen molar-refractivity contribution in [2.75, 3.05) is 0 Å². The van der Waals surface area contributed by atoms with Gasteiger partial charge in [-0.3, -0.25) is 0 Å². The summed E-state index contributed by atoms with van der Waals surface area (Å²) in [6.45, 7) is 0. The van der Waals surface area contributed by atoms with Crippen molar-refractivity contribution in [3.05, 3.63) is 35.6 Å². The Morgan fingerprint density at radius 1 is 1.12 bits per heavy atom. The summed E-state index contributed by atoms with van der Waals surface area (Å²) in [4.78, 5) is 0. The van der Waals surface area contributed by atoms with Crippen molar-refractivity contribution in [2.45, 2.75) is 31.5 Å². The van der Waals surface area contributed by atoms with Gasteiger partial charge in [-0.05, 0) is 30.5 Å². The molecular weight excluding hydrogens is 222 g/mol. The Morgan fingerprint density at radius 2 is 1.69 bits per heavy atom. The first kappa shape index (κ1) is 13.0. The molecule has 0 radical (unpaired) electrons. The quantitative estimate of drug-likeness (QED) is 0.797. The second-order valence-electron chi connectivity index (χ2n) is 3.74. The van der Waals surface area contributed by atoms with Gasteiger partial charge in [0.2, 0.25) is 0 Å². The molecule has 0 aromatic heterocycles. The van der Waals surface area contributed by atoms with Crippen LogP contribution in [0.5, 0.6) is 0 Å². The Kier molecular flexibility index (Phi) is 4.29. The normalized spacial score (nSPS) is 13.8. The van der Waals surface area contributed by atoms with Crippen LogP contribution in [0.3, 0.4) is 0 Å². The smallest absolute Gasteiger partial charge is 0.327 e. The van der Waals surface area contributed by atoms with Crippen molar-refractivity contribution in [3.63, 3.8) is 0 Å². The van der Waals surface area contributed by atoms with Crippen LogP contribution in [0.1, 0.15) is 18.4 Å². The van der Waals surface area contributed by atoms with Gasteiger partial charge < -0.3 is 5.73 Å². The maximum atomic E-state index is 12.5. The van der Waals surface area contributed by atoms with E-state index in [0.29, 0.717) is 6.42 Å². The van der Waals surface area contributed by atoms with Gasteiger partial charge in [0.05, 0.1) is 0 Å². The van der Waals surface area contributed by atoms with E-state index in [1.807, 2.05) is 0 Å². The second kappa shape index (κ2) is 5.30. The van der Waals surface area contributed by atoms with Gasteiger partial charge in [0.15, 0.2) is 0 Å². The van der Waals surface area contributed by atoms with Gasteiger partial charge in [0.1, 0.15) is 5.82 Å². The number of rotatable bonds is 4. The summed E-state index contributed by atoms with van der Waals surface area (Å²) in [5.74, 6) is -0.368. The average molecular weight is 235 g/mol. The van der Waals surface area contributed by atoms with E-state index in [1.54, 1.807) is 0 Å². The first-order valence-corrected chi connectivity index (χ1v) is 4.93. The lowest BCUT2D eigenvalue weighted by Crippen LogP contribution is -2.25. The molecule has 0 aliphatic rings. The fourth-order valence-electron chi connectivity index (χ4n) is 1.37. The monoisotopic (exact) mass is 235 g/mol. The summed E-state index contributed by atoms with van der Waals surface area (Å²) in [7, 11) is 0. The molecule has 90 valence electrons. The van der Waals surface area contributed by atoms with E-state index < -0.39 is 18.6 Å². The van der Waals surface area contributed by atoms with Gasteiger partial charge in [0, 0.05) is 12.5 Å². The van der Waals surface area contributed by atoms with Crippen LogP contribution in [0, 0.1) is 5.82 Å². The molecule has 0 saturated carbocycles. The SMILES string of the molecule is NC(CCC(F)(F)F)Cc1ccc(F)cc1. The third-order valence-electron chi connectivity index (χ3n) is 2.21. The Labute approximate surface area is 91.3 Å². The molecule has 0 bridgehead atoms. The zero-order chi connectivity index (χ0) is 12.2. The van der Waals surface area contributed by atoms with Crippen LogP contribution in [0.25, 0.3) is 0 Å². The van der Waals surface area contributed by atoms with Crippen LogP contribution >= 0.6 is 0 Å². The molecule has 0 heterocycles. The third kappa shape index (κ3) is 5.11. The fraction of sp³-hybridized carbons (Fsp3) is 0.455. The largest absolute Gasteiger partial charge is 0.389 e. The number of hydrogen-bond acceptors (Lipinski definition) is 1. The van der Waals surface area contributed by atoms with Crippen LogP contribution in [0.4, 0.5) is 17.6 Å². The second-order valence-corrected chi connectivity index (χ2v) is 3.74. The minimum absolute atomic E-state index is 0.110. The van der Waals surface area contributed by atoms with Crippen LogP contribution in [0.2, 0.25) is 0 Å². The minimum atomic E-state index is -4.17. The van der Waals surface area contributed by atoms with Gasteiger partial charge in [-0.2, -0.15) is 13.2 Å². The highest BCUT2D eigenvalue weighted by molar-refractivity contribution is 5.17. The van der Waals surface area contributed by atoms with Crippen molar-refractivity contribution in [3.8, 4) is 0 Å². The Bertz CT molecular complexity index is 318. The van der Waals surface area contributed by atoms with Crippen molar-refractivity contribution in [1.29, 1.82) is 0 Å².